The van der Waals surface area contributed by atoms with Crippen molar-refractivity contribution in [3.8, 4) is 11.1 Å². The Morgan fingerprint density at radius 1 is 0.722 bits per heavy atom. The van der Waals surface area contributed by atoms with Gasteiger partial charge in [-0.05, 0) is 45.9 Å². The quantitative estimate of drug-likeness (QED) is 0.0949. The first-order valence-corrected chi connectivity index (χ1v) is 18.6. The summed E-state index contributed by atoms with van der Waals surface area (Å²) in [4.78, 5) is 26.5. The van der Waals surface area contributed by atoms with Crippen molar-refractivity contribution in [2.24, 2.45) is 5.92 Å². The van der Waals surface area contributed by atoms with Gasteiger partial charge in [0.25, 0.3) is 0 Å². The number of esters is 1. The summed E-state index contributed by atoms with van der Waals surface area (Å²) in [7, 11) is 0. The zero-order valence-corrected chi connectivity index (χ0v) is 30.9. The van der Waals surface area contributed by atoms with E-state index in [1.54, 1.807) is 6.92 Å². The molecule has 0 aromatic heterocycles. The second kappa shape index (κ2) is 19.1. The zero-order valence-electron chi connectivity index (χ0n) is 30.9. The van der Waals surface area contributed by atoms with Gasteiger partial charge < -0.3 is 30.0 Å². The SMILES string of the molecule is CCOC(=O)CNC(=O)NCc1ccccc1-c1ccc([C@H]2O[C@@H](CN(Cc3ccccc3)Cc3ccccc3)[C@@H](C)[C@@H](c3ccc(CO)cc3)O2)cc1. The molecule has 54 heavy (non-hydrogen) atoms. The maximum absolute atomic E-state index is 12.4. The van der Waals surface area contributed by atoms with Gasteiger partial charge in [0.2, 0.25) is 0 Å². The van der Waals surface area contributed by atoms with Crippen molar-refractivity contribution in [3.63, 3.8) is 0 Å². The van der Waals surface area contributed by atoms with Crippen molar-refractivity contribution in [2.75, 3.05) is 19.7 Å². The molecule has 3 N–H and O–H groups in total. The van der Waals surface area contributed by atoms with Crippen molar-refractivity contribution in [1.29, 1.82) is 0 Å². The van der Waals surface area contributed by atoms with E-state index in [1.807, 2.05) is 72.8 Å². The molecule has 1 aliphatic rings. The standard InChI is InChI=1S/C45H49N3O6/c1-3-52-42(50)27-47-45(51)46-26-39-16-10-11-17-40(39)36-22-24-38(25-23-36)44-53-41(32(2)43(54-44)37-20-18-35(31-49)19-21-37)30-48(28-33-12-6-4-7-13-33)29-34-14-8-5-9-15-34/h4-25,32,41,43-44,49H,3,26-31H2,1-2H3,(H2,46,47,51)/t32-,41+,43+,44+/m1/s1. The number of carbonyl (C=O) groups is 2. The number of amides is 2. The number of carbonyl (C=O) groups excluding carboxylic acids is 2. The Balaban J connectivity index is 1.22. The van der Waals surface area contributed by atoms with Crippen LogP contribution in [-0.2, 0) is 45.2 Å². The van der Waals surface area contributed by atoms with E-state index in [9.17, 15) is 14.7 Å². The number of rotatable bonds is 15. The molecule has 4 atom stereocenters. The highest BCUT2D eigenvalue weighted by Gasteiger charge is 2.39. The second-order valence-electron chi connectivity index (χ2n) is 13.6. The molecule has 280 valence electrons. The summed E-state index contributed by atoms with van der Waals surface area (Å²) in [6.45, 7) is 6.49. The number of hydrogen-bond acceptors (Lipinski definition) is 7. The lowest BCUT2D eigenvalue weighted by Crippen LogP contribution is -2.44. The van der Waals surface area contributed by atoms with Crippen LogP contribution >= 0.6 is 0 Å². The Morgan fingerprint density at radius 3 is 1.96 bits per heavy atom. The monoisotopic (exact) mass is 727 g/mol. The minimum Gasteiger partial charge on any atom is -0.465 e. The first kappa shape index (κ1) is 38.4. The molecule has 9 nitrogen and oxygen atoms in total. The lowest BCUT2D eigenvalue weighted by Gasteiger charge is -2.43. The van der Waals surface area contributed by atoms with Crippen molar-refractivity contribution < 1.29 is 28.9 Å². The zero-order chi connectivity index (χ0) is 37.7. The van der Waals surface area contributed by atoms with Crippen LogP contribution in [0.1, 0.15) is 59.6 Å². The van der Waals surface area contributed by atoms with Crippen LogP contribution in [0.4, 0.5) is 4.79 Å². The Morgan fingerprint density at radius 2 is 1.33 bits per heavy atom. The topological polar surface area (TPSA) is 109 Å². The predicted octanol–water partition coefficient (Wildman–Crippen LogP) is 7.70. The summed E-state index contributed by atoms with van der Waals surface area (Å²) in [5, 5.41) is 15.1. The van der Waals surface area contributed by atoms with Gasteiger partial charge in [-0.25, -0.2) is 4.79 Å². The number of urea groups is 1. The number of aliphatic hydroxyl groups excluding tert-OH is 1. The van der Waals surface area contributed by atoms with E-state index in [2.05, 4.69) is 83.1 Å². The third kappa shape index (κ3) is 10.4. The van der Waals surface area contributed by atoms with Crippen LogP contribution in [0.5, 0.6) is 0 Å². The van der Waals surface area contributed by atoms with Gasteiger partial charge in [-0.1, -0.05) is 140 Å². The van der Waals surface area contributed by atoms with Gasteiger partial charge in [-0.3, -0.25) is 9.69 Å². The minimum absolute atomic E-state index is 0.0160. The Labute approximate surface area is 317 Å². The third-order valence-corrected chi connectivity index (χ3v) is 9.71. The summed E-state index contributed by atoms with van der Waals surface area (Å²) < 4.78 is 18.6. The molecule has 1 fully saturated rings. The molecule has 5 aromatic carbocycles. The molecule has 5 aromatic rings. The van der Waals surface area contributed by atoms with E-state index in [-0.39, 0.29) is 44.4 Å². The van der Waals surface area contributed by atoms with Crippen molar-refractivity contribution in [3.05, 3.63) is 167 Å². The molecule has 0 aliphatic carbocycles. The molecule has 6 rings (SSSR count). The molecule has 0 radical (unpaired) electrons. The minimum atomic E-state index is -0.613. The van der Waals surface area contributed by atoms with Crippen LogP contribution in [0.15, 0.2) is 133 Å². The average molecular weight is 728 g/mol. The van der Waals surface area contributed by atoms with E-state index < -0.39 is 18.3 Å². The lowest BCUT2D eigenvalue weighted by atomic mass is 9.89. The van der Waals surface area contributed by atoms with Crippen LogP contribution in [-0.4, -0.2) is 47.8 Å². The Kier molecular flexibility index (Phi) is 13.6. The van der Waals surface area contributed by atoms with Gasteiger partial charge in [-0.15, -0.1) is 0 Å². The summed E-state index contributed by atoms with van der Waals surface area (Å²) in [6.07, 6.45) is -1.00. The van der Waals surface area contributed by atoms with E-state index in [0.717, 1.165) is 46.5 Å². The number of nitrogens with one attached hydrogen (secondary N) is 2. The summed E-state index contributed by atoms with van der Waals surface area (Å²) in [6, 6.07) is 44.7. The van der Waals surface area contributed by atoms with Crippen molar-refractivity contribution in [2.45, 2.75) is 58.6 Å². The maximum Gasteiger partial charge on any atom is 0.325 e. The molecule has 1 aliphatic heterocycles. The van der Waals surface area contributed by atoms with Crippen molar-refractivity contribution >= 4 is 12.0 Å². The lowest BCUT2D eigenvalue weighted by molar-refractivity contribution is -0.276. The number of hydrogen-bond donors (Lipinski definition) is 3. The summed E-state index contributed by atoms with van der Waals surface area (Å²) >= 11 is 0. The number of benzene rings is 5. The van der Waals surface area contributed by atoms with Gasteiger partial charge in [0.1, 0.15) is 6.54 Å². The second-order valence-corrected chi connectivity index (χ2v) is 13.6. The predicted molar refractivity (Wildman–Crippen MR) is 209 cm³/mol. The van der Waals surface area contributed by atoms with Crippen LogP contribution in [0, 0.1) is 5.92 Å². The molecule has 2 amide bonds. The molecule has 1 saturated heterocycles. The Bertz CT molecular complexity index is 1880. The van der Waals surface area contributed by atoms with Crippen molar-refractivity contribution in [1.82, 2.24) is 15.5 Å². The highest BCUT2D eigenvalue weighted by Crippen LogP contribution is 2.42. The van der Waals surface area contributed by atoms with E-state index in [4.69, 9.17) is 14.2 Å². The molecule has 0 saturated carbocycles. The van der Waals surface area contributed by atoms with Gasteiger partial charge in [0.15, 0.2) is 6.29 Å². The van der Waals surface area contributed by atoms with Crippen LogP contribution < -0.4 is 10.6 Å². The fourth-order valence-corrected chi connectivity index (χ4v) is 6.83. The number of nitrogens with zero attached hydrogens (tertiary/aromatic N) is 1. The fourth-order valence-electron chi connectivity index (χ4n) is 6.83. The van der Waals surface area contributed by atoms with Crippen LogP contribution in [0.2, 0.25) is 0 Å². The van der Waals surface area contributed by atoms with E-state index >= 15 is 0 Å². The first-order chi connectivity index (χ1) is 26.4. The average Bonchev–Trinajstić information content (AvgIpc) is 3.21. The molecule has 0 bridgehead atoms. The highest BCUT2D eigenvalue weighted by molar-refractivity contribution is 5.81. The first-order valence-electron chi connectivity index (χ1n) is 18.6. The smallest absolute Gasteiger partial charge is 0.325 e. The fraction of sp³-hybridized carbons (Fsp3) is 0.289. The van der Waals surface area contributed by atoms with Gasteiger partial charge in [-0.2, -0.15) is 0 Å². The molecule has 1 heterocycles. The molecular formula is C45H49N3O6. The molecule has 0 unspecified atom stereocenters. The van der Waals surface area contributed by atoms with Gasteiger partial charge >= 0.3 is 12.0 Å². The van der Waals surface area contributed by atoms with Gasteiger partial charge in [0.05, 0.1) is 25.4 Å². The van der Waals surface area contributed by atoms with Crippen LogP contribution in [0.25, 0.3) is 11.1 Å². The molecule has 0 spiro atoms. The summed E-state index contributed by atoms with van der Waals surface area (Å²) in [5.41, 5.74) is 8.17. The normalized spacial score (nSPS) is 18.2. The van der Waals surface area contributed by atoms with Crippen LogP contribution in [0.3, 0.4) is 0 Å². The van der Waals surface area contributed by atoms with Gasteiger partial charge in [0, 0.05) is 37.7 Å². The third-order valence-electron chi connectivity index (χ3n) is 9.71. The Hall–Kier alpha value is -5.32. The number of ether oxygens (including phenoxy) is 3. The molecular weight excluding hydrogens is 679 g/mol. The molecule has 9 heteroatoms. The van der Waals surface area contributed by atoms with E-state index in [1.165, 1.54) is 11.1 Å². The van der Waals surface area contributed by atoms with E-state index in [0.29, 0.717) is 6.54 Å². The summed E-state index contributed by atoms with van der Waals surface area (Å²) in [5.74, 6) is -0.453. The largest absolute Gasteiger partial charge is 0.465 e. The highest BCUT2D eigenvalue weighted by atomic mass is 16.7. The maximum atomic E-state index is 12.4. The number of aliphatic hydroxyl groups is 1.